The Balaban J connectivity index is 2.05. The molecule has 0 radical (unpaired) electrons. The van der Waals surface area contributed by atoms with Gasteiger partial charge in [-0.3, -0.25) is 4.79 Å². The number of hydrogen-bond acceptors (Lipinski definition) is 3. The van der Waals surface area contributed by atoms with E-state index in [9.17, 15) is 4.79 Å². The van der Waals surface area contributed by atoms with Crippen LogP contribution in [0.2, 0.25) is 10.0 Å². The smallest absolute Gasteiger partial charge is 0.182 e. The Hall–Kier alpha value is -1.19. The second kappa shape index (κ2) is 4.98. The van der Waals surface area contributed by atoms with Crippen LogP contribution in [0.4, 0.5) is 0 Å². The maximum absolute atomic E-state index is 12.0. The highest BCUT2D eigenvalue weighted by Crippen LogP contribution is 2.23. The van der Waals surface area contributed by atoms with E-state index in [2.05, 4.69) is 0 Å². The predicted octanol–water partition coefficient (Wildman–Crippen LogP) is 2.85. The molecule has 90 valence electrons. The molecule has 1 aliphatic heterocycles. The van der Waals surface area contributed by atoms with Gasteiger partial charge in [0.15, 0.2) is 5.78 Å². The minimum absolute atomic E-state index is 0.0310. The van der Waals surface area contributed by atoms with Gasteiger partial charge in [-0.15, -0.1) is 0 Å². The monoisotopic (exact) mass is 270 g/mol. The Morgan fingerprint density at radius 1 is 1.29 bits per heavy atom. The summed E-state index contributed by atoms with van der Waals surface area (Å²) < 4.78 is 0. The van der Waals surface area contributed by atoms with Crippen molar-refractivity contribution in [1.29, 1.82) is 0 Å². The van der Waals surface area contributed by atoms with E-state index in [0.29, 0.717) is 22.2 Å². The first kappa shape index (κ1) is 12.3. The lowest BCUT2D eigenvalue weighted by atomic mass is 10.1. The SMILES string of the molecule is CN1C=CN(CC(=O)c2ccc(Cl)c(Cl)c2)C1. The number of halogens is 2. The summed E-state index contributed by atoms with van der Waals surface area (Å²) in [6.07, 6.45) is 3.83. The van der Waals surface area contributed by atoms with Gasteiger partial charge >= 0.3 is 0 Å². The van der Waals surface area contributed by atoms with E-state index in [1.54, 1.807) is 18.2 Å². The van der Waals surface area contributed by atoms with Crippen LogP contribution in [0.1, 0.15) is 10.4 Å². The largest absolute Gasteiger partial charge is 0.362 e. The van der Waals surface area contributed by atoms with Crippen molar-refractivity contribution in [3.8, 4) is 0 Å². The van der Waals surface area contributed by atoms with Crippen molar-refractivity contribution in [3.63, 3.8) is 0 Å². The quantitative estimate of drug-likeness (QED) is 0.790. The van der Waals surface area contributed by atoms with Crippen LogP contribution < -0.4 is 0 Å². The summed E-state index contributed by atoms with van der Waals surface area (Å²) in [6, 6.07) is 4.94. The molecule has 1 heterocycles. The van der Waals surface area contributed by atoms with Crippen LogP contribution in [-0.2, 0) is 0 Å². The van der Waals surface area contributed by atoms with E-state index < -0.39 is 0 Å². The normalized spacial score (nSPS) is 14.5. The van der Waals surface area contributed by atoms with Crippen LogP contribution in [0.15, 0.2) is 30.6 Å². The van der Waals surface area contributed by atoms with Gasteiger partial charge < -0.3 is 9.80 Å². The molecule has 0 saturated heterocycles. The fraction of sp³-hybridized carbons (Fsp3) is 0.250. The Labute approximate surface area is 110 Å². The van der Waals surface area contributed by atoms with E-state index >= 15 is 0 Å². The van der Waals surface area contributed by atoms with Gasteiger partial charge in [-0.25, -0.2) is 0 Å². The Morgan fingerprint density at radius 3 is 2.65 bits per heavy atom. The molecule has 0 aliphatic carbocycles. The maximum atomic E-state index is 12.0. The van der Waals surface area contributed by atoms with Crippen molar-refractivity contribution >= 4 is 29.0 Å². The van der Waals surface area contributed by atoms with E-state index in [1.807, 2.05) is 29.2 Å². The fourth-order valence-corrected chi connectivity index (χ4v) is 1.94. The summed E-state index contributed by atoms with van der Waals surface area (Å²) in [4.78, 5) is 15.9. The molecule has 5 heteroatoms. The molecule has 0 aromatic heterocycles. The summed E-state index contributed by atoms with van der Waals surface area (Å²) >= 11 is 11.7. The fourth-order valence-electron chi connectivity index (χ4n) is 1.64. The number of carbonyl (C=O) groups is 1. The van der Waals surface area contributed by atoms with Crippen LogP contribution in [0.25, 0.3) is 0 Å². The van der Waals surface area contributed by atoms with E-state index in [1.165, 1.54) is 0 Å². The van der Waals surface area contributed by atoms with Gasteiger partial charge in [0.05, 0.1) is 23.3 Å². The molecule has 0 atom stereocenters. The zero-order valence-electron chi connectivity index (χ0n) is 9.36. The van der Waals surface area contributed by atoms with Gasteiger partial charge in [-0.2, -0.15) is 0 Å². The van der Waals surface area contributed by atoms with Crippen LogP contribution in [0.3, 0.4) is 0 Å². The molecular weight excluding hydrogens is 259 g/mol. The Morgan fingerprint density at radius 2 is 2.06 bits per heavy atom. The van der Waals surface area contributed by atoms with Gasteiger partial charge in [0, 0.05) is 25.0 Å². The summed E-state index contributed by atoms with van der Waals surface area (Å²) in [5.74, 6) is 0.0310. The average Bonchev–Trinajstić information content (AvgIpc) is 2.68. The van der Waals surface area contributed by atoms with Crippen molar-refractivity contribution in [2.45, 2.75) is 0 Å². The predicted molar refractivity (Wildman–Crippen MR) is 69.3 cm³/mol. The number of carbonyl (C=O) groups excluding carboxylic acids is 1. The first-order chi connectivity index (χ1) is 8.06. The minimum atomic E-state index is 0.0310. The zero-order valence-corrected chi connectivity index (χ0v) is 10.9. The van der Waals surface area contributed by atoms with Gasteiger partial charge in [-0.1, -0.05) is 23.2 Å². The van der Waals surface area contributed by atoms with Crippen LogP contribution in [-0.4, -0.2) is 35.8 Å². The summed E-state index contributed by atoms with van der Waals surface area (Å²) in [6.45, 7) is 1.08. The molecule has 0 N–H and O–H groups in total. The lowest BCUT2D eigenvalue weighted by Crippen LogP contribution is -2.28. The molecule has 0 fully saturated rings. The topological polar surface area (TPSA) is 23.6 Å². The molecule has 0 spiro atoms. The summed E-state index contributed by atoms with van der Waals surface area (Å²) in [5.41, 5.74) is 0.586. The van der Waals surface area contributed by atoms with Crippen LogP contribution in [0, 0.1) is 0 Å². The molecule has 1 aromatic carbocycles. The average molecular weight is 271 g/mol. The molecule has 2 rings (SSSR count). The zero-order chi connectivity index (χ0) is 12.4. The van der Waals surface area contributed by atoms with E-state index in [0.717, 1.165) is 6.67 Å². The molecule has 0 amide bonds. The van der Waals surface area contributed by atoms with Crippen molar-refractivity contribution < 1.29 is 4.79 Å². The van der Waals surface area contributed by atoms with Crippen LogP contribution >= 0.6 is 23.2 Å². The maximum Gasteiger partial charge on any atom is 0.182 e. The van der Waals surface area contributed by atoms with Gasteiger partial charge in [0.2, 0.25) is 0 Å². The third-order valence-electron chi connectivity index (χ3n) is 2.52. The second-order valence-corrected chi connectivity index (χ2v) is 4.81. The molecule has 1 aromatic rings. The number of benzene rings is 1. The van der Waals surface area contributed by atoms with Crippen molar-refractivity contribution in [2.24, 2.45) is 0 Å². The van der Waals surface area contributed by atoms with Gasteiger partial charge in [-0.05, 0) is 18.2 Å². The molecule has 0 bridgehead atoms. The van der Waals surface area contributed by atoms with E-state index in [-0.39, 0.29) is 5.78 Å². The highest BCUT2D eigenvalue weighted by molar-refractivity contribution is 6.42. The molecule has 3 nitrogen and oxygen atoms in total. The third-order valence-corrected chi connectivity index (χ3v) is 3.26. The van der Waals surface area contributed by atoms with Crippen LogP contribution in [0.5, 0.6) is 0 Å². The standard InChI is InChI=1S/C12H12Cl2N2O/c1-15-4-5-16(8-15)7-12(17)9-2-3-10(13)11(14)6-9/h2-6H,7-8H2,1H3. The molecular formula is C12H12Cl2N2O. The minimum Gasteiger partial charge on any atom is -0.362 e. The molecule has 0 saturated carbocycles. The lowest BCUT2D eigenvalue weighted by molar-refractivity contribution is 0.0948. The number of hydrogen-bond donors (Lipinski definition) is 0. The van der Waals surface area contributed by atoms with Crippen molar-refractivity contribution in [2.75, 3.05) is 20.3 Å². The van der Waals surface area contributed by atoms with Gasteiger partial charge in [0.1, 0.15) is 0 Å². The Bertz CT molecular complexity index is 474. The van der Waals surface area contributed by atoms with Crippen molar-refractivity contribution in [3.05, 3.63) is 46.2 Å². The van der Waals surface area contributed by atoms with Crippen molar-refractivity contribution in [1.82, 2.24) is 9.80 Å². The number of rotatable bonds is 3. The number of ketones is 1. The third kappa shape index (κ3) is 2.93. The highest BCUT2D eigenvalue weighted by atomic mass is 35.5. The number of Topliss-reactive ketones (excluding diaryl/α,β-unsaturated/α-hetero) is 1. The summed E-state index contributed by atoms with van der Waals surface area (Å²) in [7, 11) is 1.96. The lowest BCUT2D eigenvalue weighted by Gasteiger charge is -2.17. The van der Waals surface area contributed by atoms with E-state index in [4.69, 9.17) is 23.2 Å². The Kier molecular flexibility index (Phi) is 3.60. The molecule has 17 heavy (non-hydrogen) atoms. The highest BCUT2D eigenvalue weighted by Gasteiger charge is 2.14. The molecule has 0 unspecified atom stereocenters. The second-order valence-electron chi connectivity index (χ2n) is 4.00. The first-order valence-corrected chi connectivity index (χ1v) is 5.93. The molecule has 1 aliphatic rings. The summed E-state index contributed by atoms with van der Waals surface area (Å²) in [5, 5.41) is 0.871. The van der Waals surface area contributed by atoms with Gasteiger partial charge in [0.25, 0.3) is 0 Å². The number of nitrogens with zero attached hydrogens (tertiary/aromatic N) is 2. The first-order valence-electron chi connectivity index (χ1n) is 5.17.